The molecule has 1 N–H and O–H groups in total. The van der Waals surface area contributed by atoms with Crippen LogP contribution in [0.1, 0.15) is 32.7 Å². The first kappa shape index (κ1) is 23.9. The van der Waals surface area contributed by atoms with Crippen molar-refractivity contribution in [2.24, 2.45) is 0 Å². The predicted molar refractivity (Wildman–Crippen MR) is 150 cm³/mol. The molecule has 2 aliphatic heterocycles. The quantitative estimate of drug-likeness (QED) is 0.345. The molecule has 1 saturated heterocycles. The van der Waals surface area contributed by atoms with Crippen LogP contribution in [-0.2, 0) is 0 Å². The van der Waals surface area contributed by atoms with E-state index in [-0.39, 0.29) is 17.9 Å². The Morgan fingerprint density at radius 2 is 1.50 bits per heavy atom. The second-order valence-corrected chi connectivity index (χ2v) is 9.99. The molecule has 1 unspecified atom stereocenters. The van der Waals surface area contributed by atoms with Gasteiger partial charge in [0, 0.05) is 36.3 Å². The average Bonchev–Trinajstić information content (AvgIpc) is 3.33. The molecule has 2 heterocycles. The molecule has 4 aromatic rings. The Morgan fingerprint density at radius 3 is 2.26 bits per heavy atom. The Hall–Kier alpha value is -4.45. The Kier molecular flexibility index (Phi) is 6.16. The zero-order valence-electron chi connectivity index (χ0n) is 21.1. The standard InChI is InChI=1S/C32H28FN3O2/c1-21-10-12-22(13-11-21)27-6-2-3-7-28(27)31(37)34-25-16-14-23(15-17-25)32(38)36-20-26-18-24(33)19-35(26)29-8-4-5-9-30(29)36/h2-17,24,26H,18-20H2,1H3,(H,34,37)/t24?,26-/m0/s1. The zero-order valence-corrected chi connectivity index (χ0v) is 21.1. The molecule has 6 heteroatoms. The van der Waals surface area contributed by atoms with E-state index < -0.39 is 6.17 Å². The fraction of sp³-hybridized carbons (Fsp3) is 0.188. The van der Waals surface area contributed by atoms with Gasteiger partial charge in [-0.15, -0.1) is 0 Å². The summed E-state index contributed by atoms with van der Waals surface area (Å²) in [7, 11) is 0. The molecule has 190 valence electrons. The first-order chi connectivity index (χ1) is 18.5. The van der Waals surface area contributed by atoms with Gasteiger partial charge in [-0.3, -0.25) is 9.59 Å². The molecule has 4 aromatic carbocycles. The van der Waals surface area contributed by atoms with Gasteiger partial charge in [-0.1, -0.05) is 60.2 Å². The second-order valence-electron chi connectivity index (χ2n) is 9.99. The van der Waals surface area contributed by atoms with E-state index >= 15 is 0 Å². The first-order valence-corrected chi connectivity index (χ1v) is 12.9. The van der Waals surface area contributed by atoms with Crippen LogP contribution in [0.25, 0.3) is 11.1 Å². The third kappa shape index (κ3) is 4.43. The SMILES string of the molecule is Cc1ccc(-c2ccccc2C(=O)Nc2ccc(C(=O)N3C[C@@H]4CC(F)CN4c4ccccc43)cc2)cc1. The third-order valence-electron chi connectivity index (χ3n) is 7.41. The van der Waals surface area contributed by atoms with Crippen LogP contribution in [0.5, 0.6) is 0 Å². The fourth-order valence-corrected chi connectivity index (χ4v) is 5.48. The lowest BCUT2D eigenvalue weighted by Gasteiger charge is -2.40. The van der Waals surface area contributed by atoms with Crippen molar-refractivity contribution < 1.29 is 14.0 Å². The van der Waals surface area contributed by atoms with Crippen molar-refractivity contribution in [2.45, 2.75) is 25.6 Å². The largest absolute Gasteiger partial charge is 0.362 e. The monoisotopic (exact) mass is 505 g/mol. The summed E-state index contributed by atoms with van der Waals surface area (Å²) in [4.78, 5) is 30.6. The maximum absolute atomic E-state index is 14.2. The highest BCUT2D eigenvalue weighted by Gasteiger charge is 2.40. The Bertz CT molecular complexity index is 1500. The highest BCUT2D eigenvalue weighted by Crippen LogP contribution is 2.40. The summed E-state index contributed by atoms with van der Waals surface area (Å²) in [5.41, 5.74) is 6.38. The van der Waals surface area contributed by atoms with E-state index in [1.54, 1.807) is 29.2 Å². The van der Waals surface area contributed by atoms with E-state index in [2.05, 4.69) is 10.2 Å². The molecule has 0 aliphatic carbocycles. The van der Waals surface area contributed by atoms with Gasteiger partial charge in [0.25, 0.3) is 11.8 Å². The van der Waals surface area contributed by atoms with Gasteiger partial charge < -0.3 is 15.1 Å². The fourth-order valence-electron chi connectivity index (χ4n) is 5.48. The van der Waals surface area contributed by atoms with Crippen molar-refractivity contribution in [3.05, 3.63) is 114 Å². The highest BCUT2D eigenvalue weighted by atomic mass is 19.1. The molecule has 2 amide bonds. The summed E-state index contributed by atoms with van der Waals surface area (Å²) in [6.07, 6.45) is -0.463. The molecule has 0 saturated carbocycles. The number of hydrogen-bond acceptors (Lipinski definition) is 3. The van der Waals surface area contributed by atoms with Crippen LogP contribution in [-0.4, -0.2) is 37.1 Å². The van der Waals surface area contributed by atoms with E-state index in [9.17, 15) is 14.0 Å². The highest BCUT2D eigenvalue weighted by molar-refractivity contribution is 6.10. The van der Waals surface area contributed by atoms with Gasteiger partial charge in [-0.05, 0) is 60.5 Å². The van der Waals surface area contributed by atoms with Crippen LogP contribution in [0.2, 0.25) is 0 Å². The number of para-hydroxylation sites is 2. The molecule has 0 spiro atoms. The maximum Gasteiger partial charge on any atom is 0.258 e. The minimum absolute atomic E-state index is 0.0315. The second kappa shape index (κ2) is 9.78. The van der Waals surface area contributed by atoms with Gasteiger partial charge in [0.05, 0.1) is 17.4 Å². The lowest BCUT2D eigenvalue weighted by atomic mass is 9.98. The number of hydrogen-bond donors (Lipinski definition) is 1. The van der Waals surface area contributed by atoms with Gasteiger partial charge in [-0.2, -0.15) is 0 Å². The molecular weight excluding hydrogens is 477 g/mol. The number of fused-ring (bicyclic) bond motifs is 3. The van der Waals surface area contributed by atoms with Crippen molar-refractivity contribution in [1.82, 2.24) is 0 Å². The summed E-state index contributed by atoms with van der Waals surface area (Å²) in [6, 6.07) is 30.2. The van der Waals surface area contributed by atoms with Crippen LogP contribution >= 0.6 is 0 Å². The van der Waals surface area contributed by atoms with Gasteiger partial charge in [0.2, 0.25) is 0 Å². The number of carbonyl (C=O) groups is 2. The molecule has 0 radical (unpaired) electrons. The summed E-state index contributed by atoms with van der Waals surface area (Å²) < 4.78 is 14.2. The predicted octanol–water partition coefficient (Wildman–Crippen LogP) is 6.49. The van der Waals surface area contributed by atoms with Crippen LogP contribution in [0.3, 0.4) is 0 Å². The molecule has 2 aliphatic rings. The lowest BCUT2D eigenvalue weighted by molar-refractivity contribution is 0.0983. The molecule has 6 rings (SSSR count). The number of aryl methyl sites for hydroxylation is 1. The Morgan fingerprint density at radius 1 is 0.816 bits per heavy atom. The van der Waals surface area contributed by atoms with Crippen molar-refractivity contribution in [3.63, 3.8) is 0 Å². The van der Waals surface area contributed by atoms with E-state index in [0.717, 1.165) is 28.1 Å². The van der Waals surface area contributed by atoms with Gasteiger partial charge in [0.15, 0.2) is 0 Å². The number of carbonyl (C=O) groups excluding carboxylic acids is 2. The minimum atomic E-state index is -0.887. The van der Waals surface area contributed by atoms with Gasteiger partial charge in [-0.25, -0.2) is 4.39 Å². The summed E-state index contributed by atoms with van der Waals surface area (Å²) in [6.45, 7) is 2.85. The van der Waals surface area contributed by atoms with E-state index in [1.807, 2.05) is 79.7 Å². The molecule has 5 nitrogen and oxygen atoms in total. The number of rotatable bonds is 4. The Labute approximate surface area is 221 Å². The minimum Gasteiger partial charge on any atom is -0.362 e. The van der Waals surface area contributed by atoms with E-state index in [1.165, 1.54) is 0 Å². The molecular formula is C32H28FN3O2. The summed E-state index contributed by atoms with van der Waals surface area (Å²) in [5, 5.41) is 2.96. The van der Waals surface area contributed by atoms with Crippen LogP contribution < -0.4 is 15.1 Å². The number of benzene rings is 4. The molecule has 2 atom stereocenters. The van der Waals surface area contributed by atoms with E-state index in [4.69, 9.17) is 0 Å². The van der Waals surface area contributed by atoms with Crippen molar-refractivity contribution in [2.75, 3.05) is 28.2 Å². The summed E-state index contributed by atoms with van der Waals surface area (Å²) >= 11 is 0. The molecule has 1 fully saturated rings. The van der Waals surface area contributed by atoms with Crippen LogP contribution in [0.15, 0.2) is 97.1 Å². The Balaban J connectivity index is 1.21. The first-order valence-electron chi connectivity index (χ1n) is 12.9. The molecule has 0 bridgehead atoms. The number of amides is 2. The van der Waals surface area contributed by atoms with Gasteiger partial charge >= 0.3 is 0 Å². The maximum atomic E-state index is 14.2. The molecule has 38 heavy (non-hydrogen) atoms. The van der Waals surface area contributed by atoms with Gasteiger partial charge in [0.1, 0.15) is 6.17 Å². The van der Waals surface area contributed by atoms with Crippen molar-refractivity contribution in [1.29, 1.82) is 0 Å². The third-order valence-corrected chi connectivity index (χ3v) is 7.41. The normalized spacial score (nSPS) is 18.1. The lowest BCUT2D eigenvalue weighted by Crippen LogP contribution is -2.48. The van der Waals surface area contributed by atoms with Crippen molar-refractivity contribution in [3.8, 4) is 11.1 Å². The number of nitrogens with one attached hydrogen (secondary N) is 1. The van der Waals surface area contributed by atoms with Crippen LogP contribution in [0, 0.1) is 6.92 Å². The zero-order chi connectivity index (χ0) is 26.2. The van der Waals surface area contributed by atoms with Crippen molar-refractivity contribution >= 4 is 28.9 Å². The number of anilines is 3. The number of nitrogens with zero attached hydrogens (tertiary/aromatic N) is 2. The average molecular weight is 506 g/mol. The number of halogens is 1. The van der Waals surface area contributed by atoms with Crippen LogP contribution in [0.4, 0.5) is 21.5 Å². The topological polar surface area (TPSA) is 52.7 Å². The molecule has 0 aromatic heterocycles. The summed E-state index contributed by atoms with van der Waals surface area (Å²) in [5.74, 6) is -0.352. The smallest absolute Gasteiger partial charge is 0.258 e. The number of alkyl halides is 1. The van der Waals surface area contributed by atoms with E-state index in [0.29, 0.717) is 36.3 Å².